The zero-order valence-electron chi connectivity index (χ0n) is 17.0. The Morgan fingerprint density at radius 2 is 0.966 bits per heavy atom. The fourth-order valence-corrected chi connectivity index (χ4v) is 2.42. The van der Waals surface area contributed by atoms with E-state index in [0.717, 1.165) is 16.7 Å². The minimum atomic E-state index is 0. The van der Waals surface area contributed by atoms with Crippen molar-refractivity contribution in [1.82, 2.24) is 0 Å². The smallest absolute Gasteiger partial charge is 0.316 e. The van der Waals surface area contributed by atoms with E-state index in [1.807, 2.05) is 108 Å². The Hall–Kier alpha value is -1.20. The van der Waals surface area contributed by atoms with Crippen molar-refractivity contribution in [3.8, 4) is 0 Å². The molecule has 2 aliphatic rings. The van der Waals surface area contributed by atoms with Gasteiger partial charge in [0.05, 0.1) is 0 Å². The molecule has 1 heteroatoms. The Kier molecular flexibility index (Phi) is 14.8. The average molecular weight is 454 g/mol. The van der Waals surface area contributed by atoms with Crippen LogP contribution in [-0.4, -0.2) is 0 Å². The van der Waals surface area contributed by atoms with E-state index in [1.54, 1.807) is 0 Å². The maximum atomic E-state index is 3.46. The van der Waals surface area contributed by atoms with Crippen molar-refractivity contribution in [3.63, 3.8) is 0 Å². The van der Waals surface area contributed by atoms with E-state index < -0.39 is 0 Å². The first-order valence-corrected chi connectivity index (χ1v) is 9.40. The number of rotatable bonds is 3. The van der Waals surface area contributed by atoms with Gasteiger partial charge in [-0.3, -0.25) is 11.1 Å². The molecule has 0 aromatic heterocycles. The zero-order valence-corrected chi connectivity index (χ0v) is 19.5. The van der Waals surface area contributed by atoms with Crippen LogP contribution in [0, 0.1) is 76.4 Å². The molecular formula is C28H26Zr. The van der Waals surface area contributed by atoms with Gasteiger partial charge in [0.1, 0.15) is 0 Å². The van der Waals surface area contributed by atoms with E-state index in [9.17, 15) is 0 Å². The Bertz CT molecular complexity index is 664. The summed E-state index contributed by atoms with van der Waals surface area (Å²) in [6.07, 6.45) is 26.7. The molecule has 10 radical (unpaired) electrons. The Labute approximate surface area is 198 Å². The molecule has 2 aromatic rings. The van der Waals surface area contributed by atoms with Crippen molar-refractivity contribution in [3.05, 3.63) is 154 Å². The normalized spacial score (nSPS) is 16.1. The zero-order chi connectivity index (χ0) is 19.9. The van der Waals surface area contributed by atoms with Gasteiger partial charge >= 0.3 is 26.2 Å². The number of benzene rings is 2. The van der Waals surface area contributed by atoms with Crippen LogP contribution < -0.4 is 0 Å². The van der Waals surface area contributed by atoms with Gasteiger partial charge in [-0.2, -0.15) is 5.56 Å². The van der Waals surface area contributed by atoms with Gasteiger partial charge < -0.3 is 6.08 Å². The van der Waals surface area contributed by atoms with Gasteiger partial charge in [-0.15, -0.1) is 43.7 Å². The molecule has 2 saturated carbocycles. The topological polar surface area (TPSA) is 0 Å². The maximum Gasteiger partial charge on any atom is 2.00 e. The quantitative estimate of drug-likeness (QED) is 0.274. The third kappa shape index (κ3) is 11.0. The second-order valence-corrected chi connectivity index (χ2v) is 6.03. The van der Waals surface area contributed by atoms with Crippen molar-refractivity contribution >= 4 is 5.57 Å². The SMILES string of the molecule is C[C-]=C(C)C(=[C-]c1ccccc1)c1ccccc1.[CH]1[CH][CH][CH][CH]1.[CH]1[CH][CH][CH][CH]1.[Zr+2]. The Morgan fingerprint density at radius 3 is 1.34 bits per heavy atom. The fourth-order valence-electron chi connectivity index (χ4n) is 2.42. The third-order valence-electron chi connectivity index (χ3n) is 3.97. The van der Waals surface area contributed by atoms with Crippen LogP contribution in [-0.2, 0) is 26.2 Å². The molecule has 0 amide bonds. The maximum absolute atomic E-state index is 3.46. The van der Waals surface area contributed by atoms with Gasteiger partial charge in [0.2, 0.25) is 0 Å². The van der Waals surface area contributed by atoms with Crippen molar-refractivity contribution < 1.29 is 26.2 Å². The van der Waals surface area contributed by atoms with E-state index in [4.69, 9.17) is 0 Å². The van der Waals surface area contributed by atoms with Crippen LogP contribution in [0.25, 0.3) is 5.57 Å². The van der Waals surface area contributed by atoms with Crippen LogP contribution in [0.15, 0.2) is 66.2 Å². The van der Waals surface area contributed by atoms with Crippen molar-refractivity contribution in [2.45, 2.75) is 13.8 Å². The average Bonchev–Trinajstić information content (AvgIpc) is 3.52. The van der Waals surface area contributed by atoms with Crippen molar-refractivity contribution in [2.24, 2.45) is 0 Å². The number of hydrogen-bond donors (Lipinski definition) is 0. The molecule has 0 heterocycles. The summed E-state index contributed by atoms with van der Waals surface area (Å²) >= 11 is 0. The molecule has 0 aliphatic heterocycles. The molecule has 29 heavy (non-hydrogen) atoms. The molecule has 2 aliphatic carbocycles. The van der Waals surface area contributed by atoms with Crippen LogP contribution >= 0.6 is 0 Å². The summed E-state index contributed by atoms with van der Waals surface area (Å²) in [5, 5.41) is 0. The number of hydrogen-bond acceptors (Lipinski definition) is 0. The molecule has 142 valence electrons. The third-order valence-corrected chi connectivity index (χ3v) is 3.97. The van der Waals surface area contributed by atoms with Crippen LogP contribution in [0.1, 0.15) is 25.0 Å². The van der Waals surface area contributed by atoms with Gasteiger partial charge in [-0.25, -0.2) is 6.08 Å². The van der Waals surface area contributed by atoms with E-state index in [0.29, 0.717) is 0 Å². The first-order chi connectivity index (χ1) is 13.8. The second kappa shape index (κ2) is 16.6. The summed E-state index contributed by atoms with van der Waals surface area (Å²) in [5.74, 6) is 0. The van der Waals surface area contributed by atoms with E-state index >= 15 is 0 Å². The summed E-state index contributed by atoms with van der Waals surface area (Å²) in [6, 6.07) is 20.5. The van der Waals surface area contributed by atoms with Gasteiger partial charge in [0.15, 0.2) is 0 Å². The van der Waals surface area contributed by atoms with Crippen LogP contribution in [0.3, 0.4) is 0 Å². The van der Waals surface area contributed by atoms with Gasteiger partial charge in [0.25, 0.3) is 0 Å². The van der Waals surface area contributed by atoms with Crippen LogP contribution in [0.5, 0.6) is 0 Å². The first-order valence-electron chi connectivity index (χ1n) is 9.40. The summed E-state index contributed by atoms with van der Waals surface area (Å²) in [5.41, 5.74) is 4.48. The van der Waals surface area contributed by atoms with Gasteiger partial charge in [-0.05, 0) is 64.2 Å². The van der Waals surface area contributed by atoms with E-state index in [1.165, 1.54) is 5.56 Å². The number of allylic oxidation sites excluding steroid dienone is 3. The van der Waals surface area contributed by atoms with Crippen molar-refractivity contribution in [2.75, 3.05) is 0 Å². The fraction of sp³-hybridized carbons (Fsp3) is 0.0714. The summed E-state index contributed by atoms with van der Waals surface area (Å²) in [7, 11) is 0. The molecule has 0 N–H and O–H groups in total. The summed E-state index contributed by atoms with van der Waals surface area (Å²) in [6.45, 7) is 4.00. The molecule has 0 nitrogen and oxygen atoms in total. The van der Waals surface area contributed by atoms with Gasteiger partial charge in [0, 0.05) is 0 Å². The minimum Gasteiger partial charge on any atom is -0.316 e. The minimum absolute atomic E-state index is 0. The largest absolute Gasteiger partial charge is 2.00 e. The standard InChI is InChI=1S/C18H16.2C5H5.Zr/c1-3-15(2)18(17-12-8-5-9-13-17)14-16-10-6-4-7-11-16;2*1-2-4-5-3-1;/h4-13H,1-2H3;2*1-5H;/q-2;;;+2. The molecule has 0 atom stereocenters. The Balaban J connectivity index is 0.000000311. The molecular weight excluding hydrogens is 428 g/mol. The second-order valence-electron chi connectivity index (χ2n) is 6.03. The van der Waals surface area contributed by atoms with E-state index in [-0.39, 0.29) is 26.2 Å². The van der Waals surface area contributed by atoms with E-state index in [2.05, 4.69) is 43.3 Å². The molecule has 0 bridgehead atoms. The molecule has 0 saturated heterocycles. The van der Waals surface area contributed by atoms with Crippen molar-refractivity contribution in [1.29, 1.82) is 0 Å². The Morgan fingerprint density at radius 1 is 0.586 bits per heavy atom. The van der Waals surface area contributed by atoms with Crippen LogP contribution in [0.4, 0.5) is 0 Å². The molecule has 2 fully saturated rings. The predicted octanol–water partition coefficient (Wildman–Crippen LogP) is 6.73. The molecule has 0 unspecified atom stereocenters. The monoisotopic (exact) mass is 452 g/mol. The predicted molar refractivity (Wildman–Crippen MR) is 120 cm³/mol. The summed E-state index contributed by atoms with van der Waals surface area (Å²) < 4.78 is 0. The summed E-state index contributed by atoms with van der Waals surface area (Å²) in [4.78, 5) is 0. The molecule has 0 spiro atoms. The van der Waals surface area contributed by atoms with Gasteiger partial charge in [-0.1, -0.05) is 36.4 Å². The molecule has 2 aromatic carbocycles. The van der Waals surface area contributed by atoms with Crippen LogP contribution in [0.2, 0.25) is 0 Å². The molecule has 4 rings (SSSR count). The first kappa shape index (κ1) is 25.8.